The van der Waals surface area contributed by atoms with Crippen molar-refractivity contribution < 1.29 is 19.9 Å². The summed E-state index contributed by atoms with van der Waals surface area (Å²) in [5.74, 6) is -1.58. The lowest BCUT2D eigenvalue weighted by molar-refractivity contribution is -0.385. The van der Waals surface area contributed by atoms with Crippen LogP contribution in [-0.4, -0.2) is 21.1 Å². The van der Waals surface area contributed by atoms with Gasteiger partial charge < -0.3 is 10.2 Å². The number of nitrogens with zero attached hydrogens (tertiary/aromatic N) is 1. The van der Waals surface area contributed by atoms with Crippen LogP contribution in [-0.2, 0) is 4.79 Å². The second-order valence-electron chi connectivity index (χ2n) is 3.85. The summed E-state index contributed by atoms with van der Waals surface area (Å²) < 4.78 is 0. The average molecular weight is 291 g/mol. The lowest BCUT2D eigenvalue weighted by Crippen LogP contribution is -1.98. The van der Waals surface area contributed by atoms with Gasteiger partial charge in [-0.1, -0.05) is 12.1 Å². The molecule has 0 fully saturated rings. The van der Waals surface area contributed by atoms with Crippen molar-refractivity contribution in [1.29, 1.82) is 0 Å². The molecule has 2 rings (SSSR count). The number of carboxylic acids is 1. The number of thiophene rings is 1. The van der Waals surface area contributed by atoms with Gasteiger partial charge in [0, 0.05) is 10.9 Å². The number of aliphatic carboxylic acids is 1. The zero-order chi connectivity index (χ0) is 14.7. The molecule has 0 spiro atoms. The van der Waals surface area contributed by atoms with Crippen LogP contribution in [0.4, 0.5) is 5.69 Å². The number of hydrogen-bond acceptors (Lipinski definition) is 5. The Morgan fingerprint density at radius 1 is 1.35 bits per heavy atom. The molecule has 0 aliphatic heterocycles. The Hall–Kier alpha value is -2.67. The van der Waals surface area contributed by atoms with Gasteiger partial charge in [0.25, 0.3) is 0 Å². The number of hydrogen-bond donors (Lipinski definition) is 2. The first kappa shape index (κ1) is 13.8. The van der Waals surface area contributed by atoms with Crippen molar-refractivity contribution in [3.63, 3.8) is 0 Å². The van der Waals surface area contributed by atoms with Gasteiger partial charge in [-0.3, -0.25) is 10.1 Å². The molecule has 0 atom stereocenters. The normalized spacial score (nSPS) is 11.3. The molecular weight excluding hydrogens is 282 g/mol. The Bertz CT molecular complexity index is 691. The van der Waals surface area contributed by atoms with Crippen molar-refractivity contribution in [1.82, 2.24) is 0 Å². The Kier molecular flexibility index (Phi) is 3.81. The van der Waals surface area contributed by atoms with Gasteiger partial charge in [-0.05, 0) is 29.2 Å². The van der Waals surface area contributed by atoms with Gasteiger partial charge >= 0.3 is 11.7 Å². The summed E-state index contributed by atoms with van der Waals surface area (Å²) in [6.07, 6.45) is 1.33. The molecule has 1 aromatic heterocycles. The van der Waals surface area contributed by atoms with Gasteiger partial charge in [-0.2, -0.15) is 0 Å². The Morgan fingerprint density at radius 2 is 2.10 bits per heavy atom. The number of phenols is 1. The van der Waals surface area contributed by atoms with Gasteiger partial charge in [-0.25, -0.2) is 4.79 Å². The second-order valence-corrected chi connectivity index (χ2v) is 4.79. The average Bonchev–Trinajstić information content (AvgIpc) is 2.90. The lowest BCUT2D eigenvalue weighted by Gasteiger charge is -2.01. The van der Waals surface area contributed by atoms with Crippen molar-refractivity contribution >= 4 is 34.6 Å². The Balaban J connectivity index is 2.50. The zero-order valence-corrected chi connectivity index (χ0v) is 10.8. The zero-order valence-electron chi connectivity index (χ0n) is 10.0. The van der Waals surface area contributed by atoms with Crippen LogP contribution >= 0.6 is 11.3 Å². The SMILES string of the molecule is O=C(O)/C(=C\c1ccc(O)c([N+](=O)[O-])c1)c1cccs1. The molecule has 0 bridgehead atoms. The number of benzene rings is 1. The van der Waals surface area contributed by atoms with Crippen molar-refractivity contribution in [3.05, 3.63) is 56.3 Å². The summed E-state index contributed by atoms with van der Waals surface area (Å²) in [4.78, 5) is 21.8. The molecule has 0 saturated heterocycles. The monoisotopic (exact) mass is 291 g/mol. The predicted octanol–water partition coefficient (Wildman–Crippen LogP) is 2.99. The van der Waals surface area contributed by atoms with Crippen LogP contribution < -0.4 is 0 Å². The molecule has 7 heteroatoms. The summed E-state index contributed by atoms with van der Waals surface area (Å²) in [6, 6.07) is 7.08. The van der Waals surface area contributed by atoms with Crippen molar-refractivity contribution in [2.75, 3.05) is 0 Å². The van der Waals surface area contributed by atoms with Crippen LogP contribution in [0.25, 0.3) is 11.6 Å². The van der Waals surface area contributed by atoms with Gasteiger partial charge in [-0.15, -0.1) is 11.3 Å². The highest BCUT2D eigenvalue weighted by molar-refractivity contribution is 7.11. The van der Waals surface area contributed by atoms with Gasteiger partial charge in [0.2, 0.25) is 0 Å². The van der Waals surface area contributed by atoms with E-state index in [2.05, 4.69) is 0 Å². The molecule has 0 amide bonds. The van der Waals surface area contributed by atoms with Crippen LogP contribution in [0.1, 0.15) is 10.4 Å². The van der Waals surface area contributed by atoms with E-state index in [1.165, 1.54) is 23.5 Å². The lowest BCUT2D eigenvalue weighted by atomic mass is 10.1. The Morgan fingerprint density at radius 3 is 2.65 bits per heavy atom. The van der Waals surface area contributed by atoms with E-state index >= 15 is 0 Å². The number of rotatable bonds is 4. The summed E-state index contributed by atoms with van der Waals surface area (Å²) in [6.45, 7) is 0. The molecule has 2 aromatic rings. The molecule has 2 N–H and O–H groups in total. The van der Waals surface area contributed by atoms with E-state index in [9.17, 15) is 25.1 Å². The number of carbonyl (C=O) groups is 1. The van der Waals surface area contributed by atoms with E-state index < -0.39 is 22.3 Å². The maximum Gasteiger partial charge on any atom is 0.337 e. The third-order valence-electron chi connectivity index (χ3n) is 2.52. The molecule has 0 radical (unpaired) electrons. The van der Waals surface area contributed by atoms with E-state index in [0.29, 0.717) is 10.4 Å². The third-order valence-corrected chi connectivity index (χ3v) is 3.43. The molecule has 0 aliphatic carbocycles. The number of aromatic hydroxyl groups is 1. The smallest absolute Gasteiger partial charge is 0.337 e. The van der Waals surface area contributed by atoms with Crippen LogP contribution in [0.15, 0.2) is 35.7 Å². The number of phenolic OH excluding ortho intramolecular Hbond substituents is 1. The first-order valence-electron chi connectivity index (χ1n) is 5.45. The highest BCUT2D eigenvalue weighted by Gasteiger charge is 2.15. The molecule has 1 aromatic carbocycles. The molecule has 6 nitrogen and oxygen atoms in total. The maximum atomic E-state index is 11.2. The van der Waals surface area contributed by atoms with Gasteiger partial charge in [0.05, 0.1) is 10.5 Å². The van der Waals surface area contributed by atoms with E-state index in [1.807, 2.05) is 0 Å². The Labute approximate surface area is 117 Å². The topological polar surface area (TPSA) is 101 Å². The first-order valence-corrected chi connectivity index (χ1v) is 6.33. The summed E-state index contributed by atoms with van der Waals surface area (Å²) in [5.41, 5.74) is -0.0880. The highest BCUT2D eigenvalue weighted by Crippen LogP contribution is 2.29. The molecular formula is C13H9NO5S. The number of nitro groups is 1. The second kappa shape index (κ2) is 5.54. The number of carboxylic acid groups (broad SMARTS) is 1. The van der Waals surface area contributed by atoms with Crippen LogP contribution in [0.5, 0.6) is 5.75 Å². The quantitative estimate of drug-likeness (QED) is 0.512. The molecule has 0 unspecified atom stereocenters. The molecule has 1 heterocycles. The van der Waals surface area contributed by atoms with Crippen molar-refractivity contribution in [2.24, 2.45) is 0 Å². The largest absolute Gasteiger partial charge is 0.502 e. The van der Waals surface area contributed by atoms with E-state index in [-0.39, 0.29) is 5.57 Å². The molecule has 0 aliphatic rings. The summed E-state index contributed by atoms with van der Waals surface area (Å²) >= 11 is 1.26. The fraction of sp³-hybridized carbons (Fsp3) is 0. The van der Waals surface area contributed by atoms with E-state index in [1.54, 1.807) is 17.5 Å². The minimum atomic E-state index is -1.12. The van der Waals surface area contributed by atoms with E-state index in [4.69, 9.17) is 0 Å². The fourth-order valence-corrected chi connectivity index (χ4v) is 2.35. The predicted molar refractivity (Wildman–Crippen MR) is 74.6 cm³/mol. The highest BCUT2D eigenvalue weighted by atomic mass is 32.1. The third kappa shape index (κ3) is 2.83. The van der Waals surface area contributed by atoms with Crippen LogP contribution in [0.2, 0.25) is 0 Å². The van der Waals surface area contributed by atoms with Crippen molar-refractivity contribution in [2.45, 2.75) is 0 Å². The maximum absolute atomic E-state index is 11.2. The first-order chi connectivity index (χ1) is 9.49. The standard InChI is InChI=1S/C13H9NO5S/c15-11-4-3-8(7-10(11)14(18)19)6-9(13(16)17)12-2-1-5-20-12/h1-7,15H,(H,16,17)/b9-6-. The summed E-state index contributed by atoms with van der Waals surface area (Å²) in [5, 5.41) is 31.0. The minimum Gasteiger partial charge on any atom is -0.502 e. The van der Waals surface area contributed by atoms with Crippen LogP contribution in [0.3, 0.4) is 0 Å². The van der Waals surface area contributed by atoms with Crippen LogP contribution in [0, 0.1) is 10.1 Å². The fourth-order valence-electron chi connectivity index (χ4n) is 1.61. The molecule has 102 valence electrons. The molecule has 20 heavy (non-hydrogen) atoms. The van der Waals surface area contributed by atoms with Crippen molar-refractivity contribution in [3.8, 4) is 5.75 Å². The molecule has 0 saturated carbocycles. The van der Waals surface area contributed by atoms with Gasteiger partial charge in [0.15, 0.2) is 5.75 Å². The number of nitro benzene ring substituents is 1. The summed E-state index contributed by atoms with van der Waals surface area (Å²) in [7, 11) is 0. The van der Waals surface area contributed by atoms with Gasteiger partial charge in [0.1, 0.15) is 0 Å². The minimum absolute atomic E-state index is 0.0417. The van der Waals surface area contributed by atoms with E-state index in [0.717, 1.165) is 12.1 Å².